The Bertz CT molecular complexity index is 1500. The second kappa shape index (κ2) is 10.9. The van der Waals surface area contributed by atoms with Crippen LogP contribution in [0.2, 0.25) is 0 Å². The molecule has 0 saturated heterocycles. The molecule has 0 aliphatic rings. The number of carbonyl (C=O) groups excluding carboxylic acids is 1. The zero-order valence-electron chi connectivity index (χ0n) is 21.4. The van der Waals surface area contributed by atoms with Gasteiger partial charge in [0.1, 0.15) is 5.54 Å². The van der Waals surface area contributed by atoms with Gasteiger partial charge in [0.2, 0.25) is 5.91 Å². The Kier molecular flexibility index (Phi) is 7.23. The normalized spacial score (nSPS) is 12.9. The summed E-state index contributed by atoms with van der Waals surface area (Å²) < 4.78 is 0. The number of carboxylic acid groups (broad SMARTS) is 1. The summed E-state index contributed by atoms with van der Waals surface area (Å²) in [4.78, 5) is 26.4. The molecule has 5 rings (SSSR count). The molecule has 0 bridgehead atoms. The highest BCUT2D eigenvalue weighted by Crippen LogP contribution is 2.27. The lowest BCUT2D eigenvalue weighted by molar-refractivity contribution is -0.147. The van der Waals surface area contributed by atoms with Crippen LogP contribution in [0.3, 0.4) is 0 Å². The van der Waals surface area contributed by atoms with Crippen LogP contribution in [0.25, 0.3) is 21.5 Å². The zero-order chi connectivity index (χ0) is 26.5. The molecule has 4 heteroatoms. The predicted molar refractivity (Wildman–Crippen MR) is 153 cm³/mol. The maximum atomic E-state index is 14.0. The van der Waals surface area contributed by atoms with Crippen LogP contribution in [0.5, 0.6) is 0 Å². The van der Waals surface area contributed by atoms with Gasteiger partial charge in [-0.1, -0.05) is 115 Å². The van der Waals surface area contributed by atoms with Crippen molar-refractivity contribution in [1.29, 1.82) is 0 Å². The van der Waals surface area contributed by atoms with Crippen LogP contribution in [0.4, 0.5) is 0 Å². The molecular formula is C34H31NO3. The number of aliphatic carboxylic acids is 1. The maximum Gasteiger partial charge on any atom is 0.329 e. The number of benzene rings is 5. The highest BCUT2D eigenvalue weighted by Gasteiger charge is 2.37. The monoisotopic (exact) mass is 501 g/mol. The van der Waals surface area contributed by atoms with Crippen LogP contribution in [0, 0.1) is 5.92 Å². The van der Waals surface area contributed by atoms with E-state index in [0.717, 1.165) is 38.2 Å². The first kappa shape index (κ1) is 25.2. The Labute approximate surface area is 222 Å². The highest BCUT2D eigenvalue weighted by atomic mass is 16.4. The van der Waals surface area contributed by atoms with Crippen LogP contribution >= 0.6 is 0 Å². The van der Waals surface area contributed by atoms with E-state index in [1.165, 1.54) is 0 Å². The fourth-order valence-electron chi connectivity index (χ4n) is 5.28. The summed E-state index contributed by atoms with van der Waals surface area (Å²) in [5.41, 5.74) is 1.57. The Morgan fingerprint density at radius 1 is 0.684 bits per heavy atom. The van der Waals surface area contributed by atoms with Gasteiger partial charge in [0, 0.05) is 12.3 Å². The van der Waals surface area contributed by atoms with E-state index in [1.54, 1.807) is 6.92 Å². The van der Waals surface area contributed by atoms with Crippen molar-refractivity contribution in [2.24, 2.45) is 5.92 Å². The first-order valence-corrected chi connectivity index (χ1v) is 13.0. The van der Waals surface area contributed by atoms with Gasteiger partial charge in [-0.15, -0.1) is 0 Å². The van der Waals surface area contributed by atoms with Crippen LogP contribution in [-0.4, -0.2) is 22.5 Å². The zero-order valence-corrected chi connectivity index (χ0v) is 21.4. The summed E-state index contributed by atoms with van der Waals surface area (Å²) in [7, 11) is 0. The van der Waals surface area contributed by atoms with Crippen molar-refractivity contribution in [1.82, 2.24) is 5.32 Å². The third kappa shape index (κ3) is 5.45. The highest BCUT2D eigenvalue weighted by molar-refractivity contribution is 5.91. The van der Waals surface area contributed by atoms with Crippen molar-refractivity contribution in [3.05, 3.63) is 132 Å². The second-order valence-electron chi connectivity index (χ2n) is 10.2. The van der Waals surface area contributed by atoms with E-state index in [0.29, 0.717) is 12.8 Å². The van der Waals surface area contributed by atoms with E-state index >= 15 is 0 Å². The molecule has 0 aromatic heterocycles. The largest absolute Gasteiger partial charge is 0.480 e. The standard InChI is InChI=1S/C34H31NO3/c1-34(33(37)38,23-24-11-3-2-4-12-24)35-32(36)29(21-27-17-9-15-25-13-5-7-19-30(25)27)22-28-18-10-16-26-14-6-8-20-31(26)28/h2-20,29H,21-23H2,1H3,(H,35,36)(H,37,38). The maximum absolute atomic E-state index is 14.0. The van der Waals surface area contributed by atoms with Gasteiger partial charge in [0.25, 0.3) is 0 Å². The van der Waals surface area contributed by atoms with Gasteiger partial charge >= 0.3 is 5.97 Å². The van der Waals surface area contributed by atoms with Gasteiger partial charge < -0.3 is 10.4 Å². The van der Waals surface area contributed by atoms with Crippen molar-refractivity contribution in [3.63, 3.8) is 0 Å². The summed E-state index contributed by atoms with van der Waals surface area (Å²) in [5.74, 6) is -1.77. The molecule has 0 aliphatic carbocycles. The fraction of sp³-hybridized carbons (Fsp3) is 0.176. The van der Waals surface area contributed by atoms with Crippen LogP contribution < -0.4 is 5.32 Å². The van der Waals surface area contributed by atoms with Gasteiger partial charge in [-0.2, -0.15) is 0 Å². The minimum Gasteiger partial charge on any atom is -0.480 e. The van der Waals surface area contributed by atoms with Gasteiger partial charge in [0.15, 0.2) is 0 Å². The Hall–Kier alpha value is -4.44. The third-order valence-corrected chi connectivity index (χ3v) is 7.33. The fourth-order valence-corrected chi connectivity index (χ4v) is 5.28. The van der Waals surface area contributed by atoms with E-state index in [2.05, 4.69) is 53.8 Å². The number of hydrogen-bond acceptors (Lipinski definition) is 2. The summed E-state index contributed by atoms with van der Waals surface area (Å²) in [6, 6.07) is 38.0. The quantitative estimate of drug-likeness (QED) is 0.239. The van der Waals surface area contributed by atoms with E-state index in [9.17, 15) is 14.7 Å². The van der Waals surface area contributed by atoms with Crippen molar-refractivity contribution in [2.75, 3.05) is 0 Å². The molecule has 0 heterocycles. The molecule has 0 aliphatic heterocycles. The average Bonchev–Trinajstić information content (AvgIpc) is 2.93. The number of rotatable bonds is 9. The summed E-state index contributed by atoms with van der Waals surface area (Å²) in [6.07, 6.45) is 1.19. The lowest BCUT2D eigenvalue weighted by Crippen LogP contribution is -2.55. The van der Waals surface area contributed by atoms with E-state index in [-0.39, 0.29) is 12.3 Å². The SMILES string of the molecule is CC(Cc1ccccc1)(NC(=O)C(Cc1cccc2ccccc12)Cc1cccc2ccccc12)C(=O)O. The molecule has 1 amide bonds. The number of hydrogen-bond donors (Lipinski definition) is 2. The number of amides is 1. The molecule has 5 aromatic carbocycles. The topological polar surface area (TPSA) is 66.4 Å². The number of carbonyl (C=O) groups is 2. The third-order valence-electron chi connectivity index (χ3n) is 7.33. The number of carboxylic acids is 1. The van der Waals surface area contributed by atoms with Crippen molar-refractivity contribution >= 4 is 33.4 Å². The summed E-state index contributed by atoms with van der Waals surface area (Å²) in [6.45, 7) is 1.59. The Balaban J connectivity index is 1.50. The van der Waals surface area contributed by atoms with Gasteiger partial charge in [-0.05, 0) is 58.0 Å². The molecule has 2 N–H and O–H groups in total. The van der Waals surface area contributed by atoms with Crippen LogP contribution in [0.15, 0.2) is 115 Å². The molecule has 1 unspecified atom stereocenters. The number of nitrogens with one attached hydrogen (secondary N) is 1. The lowest BCUT2D eigenvalue weighted by atomic mass is 9.86. The molecule has 4 nitrogen and oxygen atoms in total. The summed E-state index contributed by atoms with van der Waals surface area (Å²) in [5, 5.41) is 17.6. The predicted octanol–water partition coefficient (Wildman–Crippen LogP) is 6.60. The van der Waals surface area contributed by atoms with Gasteiger partial charge in [-0.25, -0.2) is 4.79 Å². The molecule has 38 heavy (non-hydrogen) atoms. The first-order chi connectivity index (χ1) is 18.4. The van der Waals surface area contributed by atoms with E-state index in [4.69, 9.17) is 0 Å². The van der Waals surface area contributed by atoms with E-state index < -0.39 is 17.4 Å². The van der Waals surface area contributed by atoms with Crippen molar-refractivity contribution in [3.8, 4) is 0 Å². The van der Waals surface area contributed by atoms with Crippen LogP contribution in [-0.2, 0) is 28.9 Å². The molecule has 0 radical (unpaired) electrons. The molecule has 5 aromatic rings. The van der Waals surface area contributed by atoms with Crippen molar-refractivity contribution in [2.45, 2.75) is 31.7 Å². The Morgan fingerprint density at radius 2 is 1.16 bits per heavy atom. The average molecular weight is 502 g/mol. The lowest BCUT2D eigenvalue weighted by Gasteiger charge is -2.29. The van der Waals surface area contributed by atoms with Gasteiger partial charge in [-0.3, -0.25) is 4.79 Å². The molecule has 1 atom stereocenters. The molecule has 0 fully saturated rings. The second-order valence-corrected chi connectivity index (χ2v) is 10.2. The first-order valence-electron chi connectivity index (χ1n) is 13.0. The molecule has 0 saturated carbocycles. The summed E-state index contributed by atoms with van der Waals surface area (Å²) >= 11 is 0. The number of fused-ring (bicyclic) bond motifs is 2. The minimum atomic E-state index is -1.44. The van der Waals surface area contributed by atoms with Crippen LogP contribution in [0.1, 0.15) is 23.6 Å². The van der Waals surface area contributed by atoms with E-state index in [1.807, 2.05) is 66.7 Å². The Morgan fingerprint density at radius 3 is 1.68 bits per heavy atom. The smallest absolute Gasteiger partial charge is 0.329 e. The molecular weight excluding hydrogens is 470 g/mol. The molecule has 0 spiro atoms. The molecule has 190 valence electrons. The van der Waals surface area contributed by atoms with Gasteiger partial charge in [0.05, 0.1) is 0 Å². The minimum absolute atomic E-state index is 0.199. The van der Waals surface area contributed by atoms with Crippen molar-refractivity contribution < 1.29 is 14.7 Å².